The molecule has 1 amide bonds. The molecule has 8 heteroatoms. The maximum absolute atomic E-state index is 12.8. The van der Waals surface area contributed by atoms with Crippen LogP contribution in [0.25, 0.3) is 11.0 Å². The van der Waals surface area contributed by atoms with E-state index >= 15 is 0 Å². The first kappa shape index (κ1) is 26.0. The molecule has 0 bridgehead atoms. The molecule has 0 fully saturated rings. The molecule has 3 aromatic rings. The largest absolute Gasteiger partial charge is 0.508 e. The maximum atomic E-state index is 12.8. The van der Waals surface area contributed by atoms with Crippen molar-refractivity contribution in [1.29, 1.82) is 0 Å². The highest BCUT2D eigenvalue weighted by Gasteiger charge is 2.15. The van der Waals surface area contributed by atoms with E-state index in [-0.39, 0.29) is 18.0 Å². The number of aryl methyl sites for hydroxylation is 1. The van der Waals surface area contributed by atoms with Crippen LogP contribution in [-0.2, 0) is 6.42 Å². The van der Waals surface area contributed by atoms with Gasteiger partial charge in [-0.3, -0.25) is 4.79 Å². The Morgan fingerprint density at radius 2 is 1.94 bits per heavy atom. The van der Waals surface area contributed by atoms with Gasteiger partial charge in [0, 0.05) is 23.1 Å². The Balaban J connectivity index is 1.75. The van der Waals surface area contributed by atoms with Gasteiger partial charge in [0.15, 0.2) is 0 Å². The van der Waals surface area contributed by atoms with Gasteiger partial charge in [-0.15, -0.1) is 0 Å². The van der Waals surface area contributed by atoms with E-state index in [1.165, 1.54) is 12.1 Å². The van der Waals surface area contributed by atoms with Crippen molar-refractivity contribution in [3.63, 3.8) is 0 Å². The molecule has 0 aliphatic carbocycles. The van der Waals surface area contributed by atoms with Crippen molar-refractivity contribution in [2.75, 3.05) is 31.6 Å². The van der Waals surface area contributed by atoms with Gasteiger partial charge < -0.3 is 30.0 Å². The van der Waals surface area contributed by atoms with E-state index in [0.29, 0.717) is 53.0 Å². The highest BCUT2D eigenvalue weighted by Crippen LogP contribution is 2.28. The molecule has 0 unspecified atom stereocenters. The normalized spacial score (nSPS) is 10.9. The summed E-state index contributed by atoms with van der Waals surface area (Å²) in [6.07, 6.45) is 3.22. The summed E-state index contributed by atoms with van der Waals surface area (Å²) in [5.41, 5.74) is 2.52. The van der Waals surface area contributed by atoms with Gasteiger partial charge in [-0.2, -0.15) is 0 Å². The van der Waals surface area contributed by atoms with Crippen molar-refractivity contribution >= 4 is 22.6 Å². The van der Waals surface area contributed by atoms with E-state index in [2.05, 4.69) is 10.6 Å². The number of hydrogen-bond donors (Lipinski definition) is 4. The van der Waals surface area contributed by atoms with Crippen LogP contribution < -0.4 is 21.0 Å². The van der Waals surface area contributed by atoms with E-state index in [4.69, 9.17) is 14.3 Å². The second-order valence-corrected chi connectivity index (χ2v) is 8.51. The molecule has 1 heterocycles. The summed E-state index contributed by atoms with van der Waals surface area (Å²) in [6.45, 7) is 7.58. The van der Waals surface area contributed by atoms with Crippen molar-refractivity contribution in [3.05, 3.63) is 75.2 Å². The third-order valence-electron chi connectivity index (χ3n) is 5.47. The molecule has 0 saturated heterocycles. The lowest BCUT2D eigenvalue weighted by atomic mass is 10.0. The van der Waals surface area contributed by atoms with Gasteiger partial charge in [0.2, 0.25) is 0 Å². The number of phenols is 1. The lowest BCUT2D eigenvalue weighted by Gasteiger charge is -2.12. The van der Waals surface area contributed by atoms with Crippen LogP contribution in [-0.4, -0.2) is 42.4 Å². The number of aliphatic hydroxyl groups excluding tert-OH is 1. The standard InChI is InChI=1S/C27H32N2O6/c1-17(2)5-6-19-15-21(7-9-23(19)31)26(32)29-22-16-20-8-10-24(18(3)25(20)35-27(22)33)34-14-4-11-28-12-13-30/h5,7-10,15-16,28,30-31H,4,6,11-14H2,1-3H3,(H,29,32). The van der Waals surface area contributed by atoms with Crippen molar-refractivity contribution in [3.8, 4) is 11.5 Å². The van der Waals surface area contributed by atoms with Gasteiger partial charge in [0.05, 0.1) is 13.2 Å². The molecule has 0 atom stereocenters. The highest BCUT2D eigenvalue weighted by atomic mass is 16.5. The Kier molecular flexibility index (Phi) is 9.05. The fraction of sp³-hybridized carbons (Fsp3) is 0.333. The predicted molar refractivity (Wildman–Crippen MR) is 136 cm³/mol. The molecular formula is C27H32N2O6. The average Bonchev–Trinajstić information content (AvgIpc) is 2.83. The number of hydrogen-bond acceptors (Lipinski definition) is 7. The molecule has 0 saturated carbocycles. The number of carbonyl (C=O) groups excluding carboxylic acids is 1. The van der Waals surface area contributed by atoms with E-state index in [1.54, 1.807) is 24.3 Å². The molecule has 0 spiro atoms. The van der Waals surface area contributed by atoms with Crippen LogP contribution in [0, 0.1) is 6.92 Å². The molecule has 8 nitrogen and oxygen atoms in total. The van der Waals surface area contributed by atoms with Gasteiger partial charge in [-0.25, -0.2) is 4.79 Å². The van der Waals surface area contributed by atoms with Gasteiger partial charge in [-0.05, 0) is 82.1 Å². The van der Waals surface area contributed by atoms with Gasteiger partial charge in [-0.1, -0.05) is 11.6 Å². The van der Waals surface area contributed by atoms with E-state index in [0.717, 1.165) is 18.5 Å². The van der Waals surface area contributed by atoms with Crippen LogP contribution in [0.15, 0.2) is 57.3 Å². The summed E-state index contributed by atoms with van der Waals surface area (Å²) >= 11 is 0. The van der Waals surface area contributed by atoms with Crippen LogP contribution in [0.4, 0.5) is 5.69 Å². The molecule has 4 N–H and O–H groups in total. The average molecular weight is 481 g/mol. The van der Waals surface area contributed by atoms with Crippen molar-refractivity contribution < 1.29 is 24.2 Å². The first-order valence-corrected chi connectivity index (χ1v) is 11.6. The van der Waals surface area contributed by atoms with Crippen molar-refractivity contribution in [2.24, 2.45) is 0 Å². The number of amides is 1. The zero-order valence-electron chi connectivity index (χ0n) is 20.3. The van der Waals surface area contributed by atoms with E-state index in [1.807, 2.05) is 26.8 Å². The second-order valence-electron chi connectivity index (χ2n) is 8.51. The lowest BCUT2D eigenvalue weighted by Crippen LogP contribution is -2.21. The second kappa shape index (κ2) is 12.2. The Morgan fingerprint density at radius 3 is 2.69 bits per heavy atom. The number of nitrogens with one attached hydrogen (secondary N) is 2. The molecule has 186 valence electrons. The third kappa shape index (κ3) is 6.94. The first-order chi connectivity index (χ1) is 16.8. The highest BCUT2D eigenvalue weighted by molar-refractivity contribution is 6.05. The summed E-state index contributed by atoms with van der Waals surface area (Å²) in [5, 5.41) is 25.2. The number of aliphatic hydroxyl groups is 1. The minimum absolute atomic E-state index is 0.0319. The van der Waals surface area contributed by atoms with E-state index in [9.17, 15) is 14.7 Å². The molecule has 35 heavy (non-hydrogen) atoms. The van der Waals surface area contributed by atoms with Crippen LogP contribution in [0.5, 0.6) is 11.5 Å². The summed E-state index contributed by atoms with van der Waals surface area (Å²) in [7, 11) is 0. The number of ether oxygens (including phenoxy) is 1. The van der Waals surface area contributed by atoms with Crippen LogP contribution in [0.2, 0.25) is 0 Å². The number of anilines is 1. The number of phenolic OH excluding ortho intramolecular Hbond substituents is 1. The third-order valence-corrected chi connectivity index (χ3v) is 5.47. The van der Waals surface area contributed by atoms with E-state index < -0.39 is 11.5 Å². The molecular weight excluding hydrogens is 448 g/mol. The SMILES string of the molecule is CC(C)=CCc1cc(C(=O)Nc2cc3ccc(OCCCNCCO)c(C)c3oc2=O)ccc1O. The molecule has 1 aromatic heterocycles. The Labute approximate surface area is 204 Å². The number of carbonyl (C=O) groups is 1. The summed E-state index contributed by atoms with van der Waals surface area (Å²) in [5.74, 6) is 0.258. The predicted octanol–water partition coefficient (Wildman–Crippen LogP) is 3.92. The maximum Gasteiger partial charge on any atom is 0.360 e. The molecule has 0 radical (unpaired) electrons. The smallest absolute Gasteiger partial charge is 0.360 e. The van der Waals surface area contributed by atoms with Crippen LogP contribution >= 0.6 is 0 Å². The van der Waals surface area contributed by atoms with Crippen LogP contribution in [0.1, 0.15) is 41.8 Å². The minimum Gasteiger partial charge on any atom is -0.508 e. The first-order valence-electron chi connectivity index (χ1n) is 11.6. The quantitative estimate of drug-likeness (QED) is 0.186. The Bertz CT molecular complexity index is 1270. The number of fused-ring (bicyclic) bond motifs is 1. The number of allylic oxidation sites excluding steroid dienone is 2. The Morgan fingerprint density at radius 1 is 1.14 bits per heavy atom. The van der Waals surface area contributed by atoms with Crippen molar-refractivity contribution in [1.82, 2.24) is 5.32 Å². The summed E-state index contributed by atoms with van der Waals surface area (Å²) in [6, 6.07) is 9.75. The molecule has 2 aromatic carbocycles. The zero-order valence-corrected chi connectivity index (χ0v) is 20.3. The summed E-state index contributed by atoms with van der Waals surface area (Å²) < 4.78 is 11.3. The number of rotatable bonds is 11. The minimum atomic E-state index is -0.664. The Hall–Kier alpha value is -3.62. The van der Waals surface area contributed by atoms with Gasteiger partial charge in [0.25, 0.3) is 5.91 Å². The molecule has 3 rings (SSSR count). The van der Waals surface area contributed by atoms with Crippen molar-refractivity contribution in [2.45, 2.75) is 33.6 Å². The zero-order chi connectivity index (χ0) is 25.4. The molecule has 0 aliphatic rings. The number of aromatic hydroxyl groups is 1. The number of benzene rings is 2. The van der Waals surface area contributed by atoms with Gasteiger partial charge in [0.1, 0.15) is 22.8 Å². The summed E-state index contributed by atoms with van der Waals surface area (Å²) in [4.78, 5) is 25.4. The van der Waals surface area contributed by atoms with Crippen LogP contribution in [0.3, 0.4) is 0 Å². The monoisotopic (exact) mass is 480 g/mol. The molecule has 0 aliphatic heterocycles. The van der Waals surface area contributed by atoms with Gasteiger partial charge >= 0.3 is 5.63 Å². The lowest BCUT2D eigenvalue weighted by molar-refractivity contribution is 0.102. The fourth-order valence-electron chi connectivity index (χ4n) is 3.53. The topological polar surface area (TPSA) is 121 Å². The fourth-order valence-corrected chi connectivity index (χ4v) is 3.53.